The first-order valence-electron chi connectivity index (χ1n) is 6.34. The van der Waals surface area contributed by atoms with Crippen molar-refractivity contribution in [3.63, 3.8) is 0 Å². The lowest BCUT2D eigenvalue weighted by Crippen LogP contribution is -2.30. The van der Waals surface area contributed by atoms with Crippen LogP contribution in [0.5, 0.6) is 0 Å². The van der Waals surface area contributed by atoms with E-state index in [1.165, 1.54) is 15.9 Å². The molecule has 1 N–H and O–H groups in total. The number of carbonyl (C=O) groups is 2. The van der Waals surface area contributed by atoms with Crippen molar-refractivity contribution in [2.45, 2.75) is 12.8 Å². The molecule has 0 saturated carbocycles. The number of aliphatic carboxylic acids is 1. The number of benzene rings is 1. The summed E-state index contributed by atoms with van der Waals surface area (Å²) >= 11 is 0. The molecule has 2 rings (SSSR count). The normalized spacial score (nSPS) is 10.3. The SMILES string of the molecule is CN(CCC(=O)O)C(=O)Cc1ccc(-n2cnnn2)cc1. The van der Waals surface area contributed by atoms with Gasteiger partial charge in [-0.2, -0.15) is 0 Å². The van der Waals surface area contributed by atoms with Crippen LogP contribution in [0.25, 0.3) is 5.69 Å². The molecule has 0 unspecified atom stereocenters. The highest BCUT2D eigenvalue weighted by molar-refractivity contribution is 5.79. The molecule has 21 heavy (non-hydrogen) atoms. The standard InChI is InChI=1S/C13H15N5O3/c1-17(7-6-13(20)21)12(19)8-10-2-4-11(5-3-10)18-9-14-15-16-18/h2-5,9H,6-8H2,1H3,(H,20,21). The van der Waals surface area contributed by atoms with Gasteiger partial charge in [0, 0.05) is 13.6 Å². The molecule has 0 aliphatic rings. The van der Waals surface area contributed by atoms with Crippen LogP contribution in [0.2, 0.25) is 0 Å². The lowest BCUT2D eigenvalue weighted by atomic mass is 10.1. The van der Waals surface area contributed by atoms with Gasteiger partial charge in [-0.15, -0.1) is 5.10 Å². The average molecular weight is 289 g/mol. The zero-order valence-electron chi connectivity index (χ0n) is 11.5. The number of carboxylic acid groups (broad SMARTS) is 1. The van der Waals surface area contributed by atoms with Gasteiger partial charge < -0.3 is 10.0 Å². The molecule has 0 bridgehead atoms. The van der Waals surface area contributed by atoms with E-state index in [9.17, 15) is 9.59 Å². The molecule has 0 atom stereocenters. The lowest BCUT2D eigenvalue weighted by molar-refractivity contribution is -0.138. The number of nitrogens with zero attached hydrogens (tertiary/aromatic N) is 5. The van der Waals surface area contributed by atoms with Gasteiger partial charge in [-0.05, 0) is 28.1 Å². The zero-order chi connectivity index (χ0) is 15.2. The highest BCUT2D eigenvalue weighted by atomic mass is 16.4. The van der Waals surface area contributed by atoms with Crippen molar-refractivity contribution in [3.05, 3.63) is 36.2 Å². The van der Waals surface area contributed by atoms with E-state index in [4.69, 9.17) is 5.11 Å². The molecular weight excluding hydrogens is 274 g/mol. The van der Waals surface area contributed by atoms with Crippen molar-refractivity contribution in [2.24, 2.45) is 0 Å². The number of carboxylic acids is 1. The number of rotatable bonds is 6. The monoisotopic (exact) mass is 289 g/mol. The summed E-state index contributed by atoms with van der Waals surface area (Å²) in [6, 6.07) is 7.27. The van der Waals surface area contributed by atoms with Crippen LogP contribution < -0.4 is 0 Å². The minimum Gasteiger partial charge on any atom is -0.481 e. The first-order chi connectivity index (χ1) is 10.1. The van der Waals surface area contributed by atoms with Crippen LogP contribution in [0.4, 0.5) is 0 Å². The molecule has 0 aliphatic heterocycles. The first-order valence-corrected chi connectivity index (χ1v) is 6.34. The highest BCUT2D eigenvalue weighted by Crippen LogP contribution is 2.09. The van der Waals surface area contributed by atoms with Crippen LogP contribution in [-0.4, -0.2) is 55.7 Å². The molecular formula is C13H15N5O3. The minimum atomic E-state index is -0.916. The largest absolute Gasteiger partial charge is 0.481 e. The Morgan fingerprint density at radius 2 is 2.00 bits per heavy atom. The Labute approximate surface area is 121 Å². The number of likely N-dealkylation sites (N-methyl/N-ethyl adjacent to an activating group) is 1. The Hall–Kier alpha value is -2.77. The number of hydrogen-bond donors (Lipinski definition) is 1. The summed E-state index contributed by atoms with van der Waals surface area (Å²) in [5, 5.41) is 19.5. The van der Waals surface area contributed by atoms with Gasteiger partial charge in [-0.25, -0.2) is 4.68 Å². The van der Waals surface area contributed by atoms with Crippen molar-refractivity contribution < 1.29 is 14.7 Å². The van der Waals surface area contributed by atoms with Gasteiger partial charge >= 0.3 is 5.97 Å². The van der Waals surface area contributed by atoms with Gasteiger partial charge in [-0.3, -0.25) is 9.59 Å². The summed E-state index contributed by atoms with van der Waals surface area (Å²) in [6.07, 6.45) is 1.66. The highest BCUT2D eigenvalue weighted by Gasteiger charge is 2.11. The summed E-state index contributed by atoms with van der Waals surface area (Å²) in [5.74, 6) is -1.04. The van der Waals surface area contributed by atoms with Gasteiger partial charge in [0.15, 0.2) is 0 Å². The Kier molecular flexibility index (Phi) is 4.60. The summed E-state index contributed by atoms with van der Waals surface area (Å²) < 4.78 is 1.52. The molecule has 1 amide bonds. The van der Waals surface area contributed by atoms with Crippen LogP contribution in [0.3, 0.4) is 0 Å². The molecule has 1 aromatic carbocycles. The molecule has 1 heterocycles. The molecule has 0 radical (unpaired) electrons. The minimum absolute atomic E-state index is 0.0551. The molecule has 0 fully saturated rings. The average Bonchev–Trinajstić information content (AvgIpc) is 2.99. The fraction of sp³-hybridized carbons (Fsp3) is 0.308. The summed E-state index contributed by atoms with van der Waals surface area (Å²) in [5.41, 5.74) is 1.65. The molecule has 0 spiro atoms. The number of tetrazole rings is 1. The van der Waals surface area contributed by atoms with Gasteiger partial charge in [0.25, 0.3) is 0 Å². The Morgan fingerprint density at radius 3 is 2.57 bits per heavy atom. The summed E-state index contributed by atoms with van der Waals surface area (Å²) in [7, 11) is 1.60. The third-order valence-corrected chi connectivity index (χ3v) is 2.99. The Balaban J connectivity index is 1.94. The predicted molar refractivity (Wildman–Crippen MR) is 72.7 cm³/mol. The smallest absolute Gasteiger partial charge is 0.305 e. The molecule has 8 heteroatoms. The van der Waals surface area contributed by atoms with Crippen LogP contribution in [0.1, 0.15) is 12.0 Å². The maximum Gasteiger partial charge on any atom is 0.305 e. The van der Waals surface area contributed by atoms with E-state index in [1.807, 2.05) is 24.3 Å². The molecule has 0 saturated heterocycles. The topological polar surface area (TPSA) is 101 Å². The number of aromatic nitrogens is 4. The van der Waals surface area contributed by atoms with Crippen LogP contribution in [0, 0.1) is 0 Å². The molecule has 0 aliphatic carbocycles. The first kappa shape index (κ1) is 14.6. The van der Waals surface area contributed by atoms with E-state index in [0.717, 1.165) is 11.3 Å². The number of hydrogen-bond acceptors (Lipinski definition) is 5. The van der Waals surface area contributed by atoms with Crippen LogP contribution in [0.15, 0.2) is 30.6 Å². The fourth-order valence-corrected chi connectivity index (χ4v) is 1.74. The van der Waals surface area contributed by atoms with Gasteiger partial charge in [0.2, 0.25) is 5.91 Å². The van der Waals surface area contributed by atoms with Gasteiger partial charge in [-0.1, -0.05) is 12.1 Å². The quantitative estimate of drug-likeness (QED) is 0.811. The van der Waals surface area contributed by atoms with Crippen LogP contribution >= 0.6 is 0 Å². The van der Waals surface area contributed by atoms with Gasteiger partial charge in [0.1, 0.15) is 6.33 Å². The number of amides is 1. The van der Waals surface area contributed by atoms with Crippen LogP contribution in [-0.2, 0) is 16.0 Å². The second-order valence-electron chi connectivity index (χ2n) is 4.56. The van der Waals surface area contributed by atoms with E-state index >= 15 is 0 Å². The van der Waals surface area contributed by atoms with E-state index in [-0.39, 0.29) is 25.3 Å². The molecule has 110 valence electrons. The predicted octanol–water partition coefficient (Wildman–Crippen LogP) is 0.138. The summed E-state index contributed by atoms with van der Waals surface area (Å²) in [4.78, 5) is 23.8. The van der Waals surface area contributed by atoms with E-state index in [2.05, 4.69) is 15.5 Å². The maximum atomic E-state index is 11.9. The zero-order valence-corrected chi connectivity index (χ0v) is 11.5. The van der Waals surface area contributed by atoms with Crippen molar-refractivity contribution in [1.82, 2.24) is 25.1 Å². The third-order valence-electron chi connectivity index (χ3n) is 2.99. The molecule has 1 aromatic heterocycles. The summed E-state index contributed by atoms with van der Waals surface area (Å²) in [6.45, 7) is 0.205. The number of carbonyl (C=O) groups excluding carboxylic acids is 1. The second-order valence-corrected chi connectivity index (χ2v) is 4.56. The molecule has 2 aromatic rings. The lowest BCUT2D eigenvalue weighted by Gasteiger charge is -2.16. The third kappa shape index (κ3) is 4.10. The van der Waals surface area contributed by atoms with Crippen molar-refractivity contribution in [3.8, 4) is 5.69 Å². The van der Waals surface area contributed by atoms with E-state index < -0.39 is 5.97 Å². The van der Waals surface area contributed by atoms with Crippen molar-refractivity contribution in [2.75, 3.05) is 13.6 Å². The van der Waals surface area contributed by atoms with Crippen molar-refractivity contribution >= 4 is 11.9 Å². The Bertz CT molecular complexity index is 609. The van der Waals surface area contributed by atoms with E-state index in [0.29, 0.717) is 0 Å². The molecule has 8 nitrogen and oxygen atoms in total. The maximum absolute atomic E-state index is 11.9. The second kappa shape index (κ2) is 6.60. The van der Waals surface area contributed by atoms with Gasteiger partial charge in [0.05, 0.1) is 18.5 Å². The Morgan fingerprint density at radius 1 is 1.29 bits per heavy atom. The fourth-order valence-electron chi connectivity index (χ4n) is 1.74. The van der Waals surface area contributed by atoms with E-state index in [1.54, 1.807) is 7.05 Å². The van der Waals surface area contributed by atoms with Crippen molar-refractivity contribution in [1.29, 1.82) is 0 Å².